The lowest BCUT2D eigenvalue weighted by molar-refractivity contribution is 0.573. The molecular weight excluding hydrogens is 1410 g/mol. The summed E-state index contributed by atoms with van der Waals surface area (Å²) in [5.74, 6) is 0.0357. The van der Waals surface area contributed by atoms with Gasteiger partial charge in [0.2, 0.25) is 0 Å². The van der Waals surface area contributed by atoms with Crippen molar-refractivity contribution < 1.29 is 22.0 Å². The number of anilines is 10. The van der Waals surface area contributed by atoms with Crippen LogP contribution in [0, 0.1) is 25.5 Å². The van der Waals surface area contributed by atoms with Crippen molar-refractivity contribution in [3.05, 3.63) is 386 Å². The number of benzene rings is 15. The van der Waals surface area contributed by atoms with Crippen LogP contribution in [0.1, 0.15) is 62.8 Å². The van der Waals surface area contributed by atoms with Crippen molar-refractivity contribution in [3.8, 4) is 22.3 Å². The largest absolute Gasteiger partial charge is 0.454 e. The second kappa shape index (κ2) is 34.4. The van der Waals surface area contributed by atoms with Crippen LogP contribution in [0.5, 0.6) is 0 Å². The Labute approximate surface area is 668 Å². The lowest BCUT2D eigenvalue weighted by atomic mass is 9.86. The summed E-state index contributed by atoms with van der Waals surface area (Å²) >= 11 is 0. The number of nitrogens with zero attached hydrogens (tertiary/aromatic N) is 5. The number of halogens is 2. The van der Waals surface area contributed by atoms with Crippen LogP contribution in [0.15, 0.2) is 365 Å². The zero-order chi connectivity index (χ0) is 79.6. The Hall–Kier alpha value is -13.4. The zero-order valence-corrected chi connectivity index (χ0v) is 66.8. The monoisotopic (exact) mass is 1500 g/mol. The molecule has 18 rings (SSSR count). The molecule has 8 nitrogen and oxygen atoms in total. The van der Waals surface area contributed by atoms with Gasteiger partial charge in [0.25, 0.3) is 0 Å². The summed E-state index contributed by atoms with van der Waals surface area (Å²) in [6.07, 6.45) is 0. The van der Waals surface area contributed by atoms with E-state index in [2.05, 4.69) is 264 Å². The van der Waals surface area contributed by atoms with Crippen molar-refractivity contribution in [1.29, 1.82) is 0 Å². The lowest BCUT2D eigenvalue weighted by Gasteiger charge is -2.21. The van der Waals surface area contributed by atoms with E-state index in [1.165, 1.54) is 49.9 Å². The fourth-order valence-corrected chi connectivity index (χ4v) is 14.6. The van der Waals surface area contributed by atoms with Gasteiger partial charge in [-0.2, -0.15) is 0 Å². The molecule has 10 heteroatoms. The van der Waals surface area contributed by atoms with E-state index in [1.54, 1.807) is 0 Å². The quantitative estimate of drug-likeness (QED) is 0.113. The summed E-state index contributed by atoms with van der Waals surface area (Å²) in [7, 11) is 10.1. The first-order valence-corrected chi connectivity index (χ1v) is 38.7. The Kier molecular flexibility index (Phi) is 23.4. The van der Waals surface area contributed by atoms with E-state index < -0.39 is 0 Å². The van der Waals surface area contributed by atoms with Gasteiger partial charge < -0.3 is 37.8 Å². The van der Waals surface area contributed by atoms with Gasteiger partial charge in [0.05, 0.1) is 22.7 Å². The SMILES string of the molecule is CC(C)c1cccc2c1oc1c(N(C)c3ccccc3)cccc12.CN(c1ccccc1)c1cccc2c1oc1c(C(C)(C)C)cccc12.CN(c1ccccc1)c1cccc2c1oc1ccccc12.Cc1ccc(N(C)c2ccc(F)c(-c3ccccc3)c2)cc1.Cc1ccc(N(C)c2cccc(-c3ccccc3)c2F)cc1. The number of fused-ring (bicyclic) bond motifs is 9. The van der Waals surface area contributed by atoms with Crippen molar-refractivity contribution in [2.75, 3.05) is 59.7 Å². The molecule has 0 radical (unpaired) electrons. The van der Waals surface area contributed by atoms with Crippen LogP contribution in [0.25, 0.3) is 88.1 Å². The molecule has 3 heterocycles. The molecule has 0 amide bonds. The molecule has 0 aliphatic rings. The van der Waals surface area contributed by atoms with Gasteiger partial charge in [0.15, 0.2) is 22.6 Å². The van der Waals surface area contributed by atoms with E-state index in [-0.39, 0.29) is 17.0 Å². The van der Waals surface area contributed by atoms with E-state index in [9.17, 15) is 8.78 Å². The lowest BCUT2D eigenvalue weighted by Crippen LogP contribution is -2.11. The summed E-state index contributed by atoms with van der Waals surface area (Å²) in [4.78, 5) is 10.5. The molecule has 0 N–H and O–H groups in total. The van der Waals surface area contributed by atoms with E-state index in [1.807, 2.05) is 190 Å². The summed E-state index contributed by atoms with van der Waals surface area (Å²) in [6, 6.07) is 118. The molecule has 114 heavy (non-hydrogen) atoms. The van der Waals surface area contributed by atoms with Crippen LogP contribution in [-0.2, 0) is 5.41 Å². The van der Waals surface area contributed by atoms with Crippen molar-refractivity contribution in [3.63, 3.8) is 0 Å². The van der Waals surface area contributed by atoms with E-state index in [0.717, 1.165) is 107 Å². The van der Waals surface area contributed by atoms with Crippen LogP contribution in [0.2, 0.25) is 0 Å². The molecule has 3 aromatic heterocycles. The Morgan fingerprint density at radius 2 is 0.623 bits per heavy atom. The summed E-state index contributed by atoms with van der Waals surface area (Å²) in [5.41, 5.74) is 24.0. The normalized spacial score (nSPS) is 11.1. The molecule has 0 saturated carbocycles. The molecule has 0 spiro atoms. The Bertz CT molecular complexity index is 6220. The Balaban J connectivity index is 0.000000118. The predicted molar refractivity (Wildman–Crippen MR) is 480 cm³/mol. The van der Waals surface area contributed by atoms with Crippen molar-refractivity contribution >= 4 is 123 Å². The first kappa shape index (κ1) is 77.3. The third-order valence-corrected chi connectivity index (χ3v) is 21.1. The Morgan fingerprint density at radius 3 is 1.11 bits per heavy atom. The van der Waals surface area contributed by atoms with Gasteiger partial charge in [-0.25, -0.2) is 8.78 Å². The molecule has 15 aromatic carbocycles. The Morgan fingerprint density at radius 1 is 0.281 bits per heavy atom. The highest BCUT2D eigenvalue weighted by Gasteiger charge is 2.24. The zero-order valence-electron chi connectivity index (χ0n) is 66.8. The number of hydrogen-bond acceptors (Lipinski definition) is 8. The fraction of sp³-hybridized carbons (Fsp3) is 0.135. The smallest absolute Gasteiger partial charge is 0.159 e. The molecule has 0 unspecified atom stereocenters. The van der Waals surface area contributed by atoms with Crippen LogP contribution in [0.3, 0.4) is 0 Å². The number of aryl methyl sites for hydroxylation is 2. The second-order valence-corrected chi connectivity index (χ2v) is 30.1. The summed E-state index contributed by atoms with van der Waals surface area (Å²) in [5, 5.41) is 7.04. The molecule has 568 valence electrons. The molecule has 0 bridgehead atoms. The topological polar surface area (TPSA) is 55.6 Å². The maximum atomic E-state index is 14.9. The molecule has 0 fully saturated rings. The van der Waals surface area contributed by atoms with Gasteiger partial charge in [-0.1, -0.05) is 288 Å². The molecule has 0 aliphatic heterocycles. The standard InChI is InChI=1S/C23H23NO.C22H21NO.2C20H18FN.C19H15NO/c1-23(2,3)19-14-8-12-17-18-13-9-15-20(22(18)25-21(17)19)24(4)16-10-6-5-7-11-16;1-15(2)17-11-7-12-18-19-13-8-14-20(22(19)24-21(17)18)23(3)16-9-5-4-6-10-16;1-15-11-13-17(14-12-15)22(2)19-10-6-9-18(20(19)21)16-7-4-3-5-8-16;1-15-8-10-17(11-9-15)22(2)18-12-13-20(21)19(14-18)16-6-4-3-5-7-16;1-20(14-8-3-2-4-9-14)17-12-7-11-16-15-10-5-6-13-18(15)21-19(16)17/h5-15H,1-4H3;4-15H,1-3H3;2*3-14H,1-2H3;2-13H,1H3. The van der Waals surface area contributed by atoms with Gasteiger partial charge in [-0.15, -0.1) is 0 Å². The van der Waals surface area contributed by atoms with Crippen LogP contribution >= 0.6 is 0 Å². The van der Waals surface area contributed by atoms with E-state index in [0.29, 0.717) is 22.7 Å². The first-order valence-electron chi connectivity index (χ1n) is 38.7. The molecular formula is C104H95F2N5O3. The van der Waals surface area contributed by atoms with Gasteiger partial charge in [-0.3, -0.25) is 0 Å². The molecule has 18 aromatic rings. The summed E-state index contributed by atoms with van der Waals surface area (Å²) < 4.78 is 48.0. The van der Waals surface area contributed by atoms with Crippen molar-refractivity contribution in [2.45, 2.75) is 59.8 Å². The molecule has 0 aliphatic carbocycles. The van der Waals surface area contributed by atoms with Gasteiger partial charge in [0, 0.05) is 118 Å². The van der Waals surface area contributed by atoms with E-state index >= 15 is 0 Å². The van der Waals surface area contributed by atoms with Crippen molar-refractivity contribution in [2.24, 2.45) is 0 Å². The third-order valence-electron chi connectivity index (χ3n) is 21.1. The highest BCUT2D eigenvalue weighted by molar-refractivity contribution is 6.12. The maximum absolute atomic E-state index is 14.9. The fourth-order valence-electron chi connectivity index (χ4n) is 14.6. The third kappa shape index (κ3) is 16.8. The number of hydrogen-bond donors (Lipinski definition) is 0. The predicted octanol–water partition coefficient (Wildman–Crippen LogP) is 29.6. The minimum absolute atomic E-state index is 0.0406. The molecule has 0 atom stereocenters. The molecule has 0 saturated heterocycles. The number of rotatable bonds is 13. The summed E-state index contributed by atoms with van der Waals surface area (Å²) in [6.45, 7) is 15.2. The van der Waals surface area contributed by atoms with E-state index in [4.69, 9.17) is 13.3 Å². The van der Waals surface area contributed by atoms with Crippen LogP contribution in [0.4, 0.5) is 65.7 Å². The average Bonchev–Trinajstić information content (AvgIpc) is 1.61. The van der Waals surface area contributed by atoms with Crippen LogP contribution < -0.4 is 24.5 Å². The highest BCUT2D eigenvalue weighted by atomic mass is 19.1. The highest BCUT2D eigenvalue weighted by Crippen LogP contribution is 2.44. The number of furan rings is 3. The maximum Gasteiger partial charge on any atom is 0.159 e. The average molecular weight is 1500 g/mol. The minimum atomic E-state index is -0.202. The van der Waals surface area contributed by atoms with Crippen molar-refractivity contribution in [1.82, 2.24) is 0 Å². The van der Waals surface area contributed by atoms with Crippen LogP contribution in [-0.4, -0.2) is 35.2 Å². The van der Waals surface area contributed by atoms with Gasteiger partial charge >= 0.3 is 0 Å². The first-order chi connectivity index (χ1) is 55.3. The minimum Gasteiger partial charge on any atom is -0.454 e. The second-order valence-electron chi connectivity index (χ2n) is 30.1. The van der Waals surface area contributed by atoms with Gasteiger partial charge in [0.1, 0.15) is 22.6 Å². The van der Waals surface area contributed by atoms with Gasteiger partial charge in [-0.05, 0) is 151 Å². The number of para-hydroxylation sites is 9.